The number of halogens is 1. The van der Waals surface area contributed by atoms with Crippen LogP contribution in [-0.4, -0.2) is 46.0 Å². The monoisotopic (exact) mass is 451 g/mol. The van der Waals surface area contributed by atoms with Crippen molar-refractivity contribution < 1.29 is 36.6 Å². The van der Waals surface area contributed by atoms with Gasteiger partial charge in [0.25, 0.3) is 0 Å². The summed E-state index contributed by atoms with van der Waals surface area (Å²) in [4.78, 5) is 24.5. The minimum absolute atomic E-state index is 0.0995. The van der Waals surface area contributed by atoms with E-state index in [0.717, 1.165) is 12.1 Å². The highest BCUT2D eigenvalue weighted by molar-refractivity contribution is 7.89. The highest BCUT2D eigenvalue weighted by Gasteiger charge is 2.31. The zero-order valence-electron chi connectivity index (χ0n) is 17.0. The molecule has 1 N–H and O–H groups in total. The number of hydrogen-bond acceptors (Lipinski definition) is 7. The predicted molar refractivity (Wildman–Crippen MR) is 108 cm³/mol. The van der Waals surface area contributed by atoms with Gasteiger partial charge in [-0.15, -0.1) is 0 Å². The average Bonchev–Trinajstić information content (AvgIpc) is 2.75. The molecule has 0 aromatic heterocycles. The van der Waals surface area contributed by atoms with Crippen LogP contribution in [0.1, 0.15) is 24.2 Å². The number of rotatable bonds is 8. The summed E-state index contributed by atoms with van der Waals surface area (Å²) in [7, 11) is -4.09. The largest absolute Gasteiger partial charge is 0.486 e. The van der Waals surface area contributed by atoms with Gasteiger partial charge in [-0.2, -0.15) is 4.72 Å². The van der Waals surface area contributed by atoms with E-state index in [0.29, 0.717) is 24.7 Å². The maximum Gasteiger partial charge on any atom is 0.324 e. The Morgan fingerprint density at radius 3 is 2.35 bits per heavy atom. The Morgan fingerprint density at radius 1 is 1.06 bits per heavy atom. The van der Waals surface area contributed by atoms with E-state index in [9.17, 15) is 22.4 Å². The number of hydrogen-bond donors (Lipinski definition) is 1. The molecule has 1 aliphatic rings. The fraction of sp³-hybridized carbons (Fsp3) is 0.333. The molecule has 2 aromatic rings. The first-order valence-electron chi connectivity index (χ1n) is 9.55. The van der Waals surface area contributed by atoms with Gasteiger partial charge in [0.2, 0.25) is 10.0 Å². The van der Waals surface area contributed by atoms with Gasteiger partial charge in [0, 0.05) is 11.6 Å². The first kappa shape index (κ1) is 22.7. The molecule has 0 amide bonds. The zero-order chi connectivity index (χ0) is 22.6. The van der Waals surface area contributed by atoms with Crippen molar-refractivity contribution in [3.05, 3.63) is 53.8 Å². The Bertz CT molecular complexity index is 1070. The number of esters is 1. The normalized spacial score (nSPS) is 14.2. The van der Waals surface area contributed by atoms with Crippen molar-refractivity contribution in [2.24, 2.45) is 5.92 Å². The molecule has 0 aliphatic carbocycles. The summed E-state index contributed by atoms with van der Waals surface area (Å²) in [6.07, 6.45) is 0. The van der Waals surface area contributed by atoms with Gasteiger partial charge in [-0.25, -0.2) is 12.8 Å². The third-order valence-corrected chi connectivity index (χ3v) is 5.98. The molecule has 166 valence electrons. The molecule has 0 spiro atoms. The van der Waals surface area contributed by atoms with Gasteiger partial charge in [-0.1, -0.05) is 13.8 Å². The second kappa shape index (κ2) is 9.44. The van der Waals surface area contributed by atoms with E-state index in [1.807, 2.05) is 0 Å². The number of benzene rings is 2. The first-order valence-corrected chi connectivity index (χ1v) is 11.0. The lowest BCUT2D eigenvalue weighted by Crippen LogP contribution is -2.45. The van der Waals surface area contributed by atoms with Crippen LogP contribution in [0.3, 0.4) is 0 Å². The lowest BCUT2D eigenvalue weighted by molar-refractivity contribution is -0.145. The van der Waals surface area contributed by atoms with Crippen molar-refractivity contribution in [3.63, 3.8) is 0 Å². The van der Waals surface area contributed by atoms with Gasteiger partial charge in [-0.05, 0) is 42.3 Å². The van der Waals surface area contributed by atoms with Crippen LogP contribution in [0.4, 0.5) is 4.39 Å². The van der Waals surface area contributed by atoms with E-state index < -0.39 is 46.2 Å². The summed E-state index contributed by atoms with van der Waals surface area (Å²) < 4.78 is 56.7. The van der Waals surface area contributed by atoms with Crippen molar-refractivity contribution in [1.82, 2.24) is 4.72 Å². The maximum absolute atomic E-state index is 13.0. The van der Waals surface area contributed by atoms with Crippen LogP contribution in [0.15, 0.2) is 47.4 Å². The third kappa shape index (κ3) is 5.59. The van der Waals surface area contributed by atoms with E-state index >= 15 is 0 Å². The molecule has 10 heteroatoms. The molecule has 31 heavy (non-hydrogen) atoms. The van der Waals surface area contributed by atoms with E-state index in [1.165, 1.54) is 30.3 Å². The Morgan fingerprint density at radius 2 is 1.71 bits per heavy atom. The number of fused-ring (bicyclic) bond motifs is 1. The maximum atomic E-state index is 13.0. The standard InChI is InChI=1S/C21H22FNO7S/c1-13(2)20(21(25)30-12-17(24)14-3-5-15(22)6-4-14)23-31(26,27)16-7-8-18-19(11-16)29-10-9-28-18/h3-8,11,13,20,23H,9-10,12H2,1-2H3/t20-/m0/s1. The smallest absolute Gasteiger partial charge is 0.324 e. The molecule has 1 aliphatic heterocycles. The molecule has 0 unspecified atom stereocenters. The molecule has 1 atom stereocenters. The van der Waals surface area contributed by atoms with Gasteiger partial charge in [0.15, 0.2) is 23.9 Å². The molecule has 1 heterocycles. The minimum Gasteiger partial charge on any atom is -0.486 e. The van der Waals surface area contributed by atoms with Gasteiger partial charge in [0.1, 0.15) is 25.1 Å². The summed E-state index contributed by atoms with van der Waals surface area (Å²) in [6, 6.07) is 7.70. The quantitative estimate of drug-likeness (QED) is 0.485. The fourth-order valence-electron chi connectivity index (χ4n) is 2.83. The number of carbonyl (C=O) groups excluding carboxylic acids is 2. The lowest BCUT2D eigenvalue weighted by atomic mass is 10.1. The number of Topliss-reactive ketones (excluding diaryl/α,β-unsaturated/α-hetero) is 1. The second-order valence-electron chi connectivity index (χ2n) is 7.19. The van der Waals surface area contributed by atoms with E-state index in [1.54, 1.807) is 13.8 Å². The number of sulfonamides is 1. The SMILES string of the molecule is CC(C)[C@H](NS(=O)(=O)c1ccc2c(c1)OCCO2)C(=O)OCC(=O)c1ccc(F)cc1. The Balaban J connectivity index is 1.68. The van der Waals surface area contributed by atoms with Crippen LogP contribution in [0.2, 0.25) is 0 Å². The fourth-order valence-corrected chi connectivity index (χ4v) is 4.18. The second-order valence-corrected chi connectivity index (χ2v) is 8.90. The lowest BCUT2D eigenvalue weighted by Gasteiger charge is -2.22. The molecule has 0 bridgehead atoms. The third-order valence-electron chi connectivity index (χ3n) is 4.54. The van der Waals surface area contributed by atoms with Crippen LogP contribution in [0, 0.1) is 11.7 Å². The van der Waals surface area contributed by atoms with E-state index in [4.69, 9.17) is 14.2 Å². The predicted octanol–water partition coefficient (Wildman–Crippen LogP) is 2.33. The summed E-state index contributed by atoms with van der Waals surface area (Å²) in [6.45, 7) is 3.35. The van der Waals surface area contributed by atoms with E-state index in [-0.39, 0.29) is 10.5 Å². The number of ether oxygens (including phenoxy) is 3. The molecule has 8 nitrogen and oxygen atoms in total. The van der Waals surface area contributed by atoms with Crippen molar-refractivity contribution in [2.45, 2.75) is 24.8 Å². The Hall–Kier alpha value is -2.98. The van der Waals surface area contributed by atoms with Crippen LogP contribution in [0.5, 0.6) is 11.5 Å². The zero-order valence-corrected chi connectivity index (χ0v) is 17.8. The highest BCUT2D eigenvalue weighted by Crippen LogP contribution is 2.32. The molecule has 2 aromatic carbocycles. The molecule has 0 radical (unpaired) electrons. The average molecular weight is 451 g/mol. The molecular weight excluding hydrogens is 429 g/mol. The van der Waals surface area contributed by atoms with Crippen LogP contribution >= 0.6 is 0 Å². The molecule has 0 saturated heterocycles. The number of ketones is 1. The minimum atomic E-state index is -4.09. The topological polar surface area (TPSA) is 108 Å². The Kier molecular flexibility index (Phi) is 6.91. The van der Waals surface area contributed by atoms with Crippen LogP contribution < -0.4 is 14.2 Å². The van der Waals surface area contributed by atoms with Crippen LogP contribution in [-0.2, 0) is 19.6 Å². The first-order chi connectivity index (χ1) is 14.7. The highest BCUT2D eigenvalue weighted by atomic mass is 32.2. The van der Waals surface area contributed by atoms with Crippen LogP contribution in [0.25, 0.3) is 0 Å². The number of nitrogens with one attached hydrogen (secondary N) is 1. The molecule has 0 fully saturated rings. The van der Waals surface area contributed by atoms with Gasteiger partial charge in [-0.3, -0.25) is 9.59 Å². The van der Waals surface area contributed by atoms with Gasteiger partial charge in [0.05, 0.1) is 4.90 Å². The molecular formula is C21H22FNO7S. The summed E-state index contributed by atoms with van der Waals surface area (Å²) >= 11 is 0. The van der Waals surface area contributed by atoms with Gasteiger partial charge >= 0.3 is 5.97 Å². The molecule has 0 saturated carbocycles. The van der Waals surface area contributed by atoms with E-state index in [2.05, 4.69) is 4.72 Å². The van der Waals surface area contributed by atoms with Crippen molar-refractivity contribution in [2.75, 3.05) is 19.8 Å². The van der Waals surface area contributed by atoms with Crippen molar-refractivity contribution in [3.8, 4) is 11.5 Å². The number of carbonyl (C=O) groups is 2. The van der Waals surface area contributed by atoms with Crippen molar-refractivity contribution >= 4 is 21.8 Å². The molecule has 3 rings (SSSR count). The summed E-state index contributed by atoms with van der Waals surface area (Å²) in [5.41, 5.74) is 0.173. The Labute approximate surface area is 179 Å². The summed E-state index contributed by atoms with van der Waals surface area (Å²) in [5, 5.41) is 0. The van der Waals surface area contributed by atoms with Crippen molar-refractivity contribution in [1.29, 1.82) is 0 Å². The summed E-state index contributed by atoms with van der Waals surface area (Å²) in [5.74, 6) is -1.66. The van der Waals surface area contributed by atoms with Gasteiger partial charge < -0.3 is 14.2 Å².